The zero-order valence-electron chi connectivity index (χ0n) is 21.3. The zero-order chi connectivity index (χ0) is 24.4. The molecule has 4 aliphatic carbocycles. The number of allylic oxidation sites excluding steroid dienone is 1. The Morgan fingerprint density at radius 2 is 1.77 bits per heavy atom. The van der Waals surface area contributed by atoms with E-state index in [1.807, 2.05) is 24.3 Å². The first-order valence-corrected chi connectivity index (χ1v) is 13.5. The standard InChI is InChI=1S/C30H38O5/c1-19-30(34-16-15-33-19)14-11-24-26-23(10-13-29(24,30)3)28(2)12-9-22(17-21(28)18-25(26)31)35-27(32)20-7-5-4-6-8-20/h4-8,18-19,22-24,26H,9-17H2,1-3H3/t19?,22-,23-,24-,26+,28-,29-,30-/m0/s1. The average molecular weight is 479 g/mol. The number of benzene rings is 1. The van der Waals surface area contributed by atoms with Crippen LogP contribution in [0.25, 0.3) is 0 Å². The van der Waals surface area contributed by atoms with E-state index in [1.165, 1.54) is 5.57 Å². The van der Waals surface area contributed by atoms with Gasteiger partial charge in [-0.1, -0.05) is 37.6 Å². The molecule has 3 saturated carbocycles. The normalized spacial score (nSPS) is 44.7. The first-order chi connectivity index (χ1) is 16.8. The Morgan fingerprint density at radius 1 is 1.00 bits per heavy atom. The molecule has 8 atom stereocenters. The predicted octanol–water partition coefficient (Wildman–Crippen LogP) is 5.53. The van der Waals surface area contributed by atoms with Crippen LogP contribution in [-0.4, -0.2) is 42.8 Å². The summed E-state index contributed by atoms with van der Waals surface area (Å²) in [4.78, 5) is 26.4. The second kappa shape index (κ2) is 8.27. The molecule has 6 rings (SSSR count). The van der Waals surface area contributed by atoms with Gasteiger partial charge in [0.25, 0.3) is 0 Å². The molecule has 5 aliphatic rings. The maximum absolute atomic E-state index is 13.8. The van der Waals surface area contributed by atoms with Gasteiger partial charge in [-0.15, -0.1) is 0 Å². The molecule has 5 heteroatoms. The minimum absolute atomic E-state index is 0.000846. The summed E-state index contributed by atoms with van der Waals surface area (Å²) in [5, 5.41) is 0. The fourth-order valence-electron chi connectivity index (χ4n) is 8.90. The number of hydrogen-bond donors (Lipinski definition) is 0. The second-order valence-electron chi connectivity index (χ2n) is 12.1. The van der Waals surface area contributed by atoms with E-state index >= 15 is 0 Å². The van der Waals surface area contributed by atoms with Gasteiger partial charge in [-0.3, -0.25) is 4.79 Å². The van der Waals surface area contributed by atoms with Crippen LogP contribution in [0.3, 0.4) is 0 Å². The molecule has 1 spiro atoms. The number of rotatable bonds is 2. The molecule has 0 N–H and O–H groups in total. The molecule has 0 amide bonds. The Hall–Kier alpha value is -1.98. The minimum atomic E-state index is -0.270. The number of ketones is 1. The second-order valence-corrected chi connectivity index (χ2v) is 12.1. The minimum Gasteiger partial charge on any atom is -0.458 e. The van der Waals surface area contributed by atoms with Crippen molar-refractivity contribution in [3.63, 3.8) is 0 Å². The van der Waals surface area contributed by atoms with Crippen molar-refractivity contribution in [2.24, 2.45) is 28.6 Å². The summed E-state index contributed by atoms with van der Waals surface area (Å²) in [7, 11) is 0. The van der Waals surface area contributed by atoms with Crippen molar-refractivity contribution in [2.75, 3.05) is 13.2 Å². The maximum Gasteiger partial charge on any atom is 0.338 e. The number of ether oxygens (including phenoxy) is 3. The van der Waals surface area contributed by atoms with E-state index in [4.69, 9.17) is 14.2 Å². The van der Waals surface area contributed by atoms with Crippen LogP contribution in [0, 0.1) is 28.6 Å². The highest BCUT2D eigenvalue weighted by molar-refractivity contribution is 5.94. The Kier molecular flexibility index (Phi) is 5.54. The highest BCUT2D eigenvalue weighted by Crippen LogP contribution is 2.68. The fourth-order valence-corrected chi connectivity index (χ4v) is 8.90. The molecule has 35 heavy (non-hydrogen) atoms. The average Bonchev–Trinajstić information content (AvgIpc) is 3.15. The largest absolute Gasteiger partial charge is 0.458 e. The lowest BCUT2D eigenvalue weighted by molar-refractivity contribution is -0.251. The first kappa shape index (κ1) is 23.4. The van der Waals surface area contributed by atoms with E-state index in [0.29, 0.717) is 37.0 Å². The van der Waals surface area contributed by atoms with Crippen molar-refractivity contribution < 1.29 is 23.8 Å². The van der Waals surface area contributed by atoms with E-state index in [1.54, 1.807) is 12.1 Å². The highest BCUT2D eigenvalue weighted by Gasteiger charge is 2.68. The third-order valence-electron chi connectivity index (χ3n) is 10.8. The smallest absolute Gasteiger partial charge is 0.338 e. The van der Waals surface area contributed by atoms with Gasteiger partial charge in [0.15, 0.2) is 5.78 Å². The SMILES string of the molecule is CC1OCCO[C@@]12CC[C@H]1[C@@H]3C(=O)C=C4C[C@@H](OC(=O)c5ccccc5)CC[C@]4(C)[C@H]3CC[C@@]12C. The molecular formula is C30H38O5. The number of fused-ring (bicyclic) bond motifs is 6. The molecule has 1 unspecified atom stereocenters. The summed E-state index contributed by atoms with van der Waals surface area (Å²) >= 11 is 0. The van der Waals surface area contributed by atoms with Crippen molar-refractivity contribution >= 4 is 11.8 Å². The monoisotopic (exact) mass is 478 g/mol. The lowest BCUT2D eigenvalue weighted by Gasteiger charge is -2.60. The van der Waals surface area contributed by atoms with E-state index in [0.717, 1.165) is 38.5 Å². The van der Waals surface area contributed by atoms with E-state index in [-0.39, 0.29) is 46.3 Å². The van der Waals surface area contributed by atoms with Gasteiger partial charge >= 0.3 is 5.97 Å². The van der Waals surface area contributed by atoms with E-state index in [2.05, 4.69) is 20.8 Å². The summed E-state index contributed by atoms with van der Waals surface area (Å²) < 4.78 is 18.5. The Labute approximate surface area is 208 Å². The summed E-state index contributed by atoms with van der Waals surface area (Å²) in [6.07, 6.45) is 8.48. The van der Waals surface area contributed by atoms with Crippen molar-refractivity contribution in [1.29, 1.82) is 0 Å². The van der Waals surface area contributed by atoms with Crippen LogP contribution >= 0.6 is 0 Å². The summed E-state index contributed by atoms with van der Waals surface area (Å²) in [5.41, 5.74) is 1.48. The Morgan fingerprint density at radius 3 is 2.54 bits per heavy atom. The van der Waals surface area contributed by atoms with Crippen LogP contribution in [0.5, 0.6) is 0 Å². The van der Waals surface area contributed by atoms with Crippen LogP contribution in [0.4, 0.5) is 0 Å². The lowest BCUT2D eigenvalue weighted by atomic mass is 9.46. The molecule has 188 valence electrons. The molecule has 1 aromatic rings. The van der Waals surface area contributed by atoms with Crippen LogP contribution in [-0.2, 0) is 19.0 Å². The summed E-state index contributed by atoms with van der Waals surface area (Å²) in [6, 6.07) is 9.18. The van der Waals surface area contributed by atoms with Crippen molar-refractivity contribution in [2.45, 2.75) is 83.5 Å². The van der Waals surface area contributed by atoms with Crippen molar-refractivity contribution in [3.8, 4) is 0 Å². The third kappa shape index (κ3) is 3.33. The number of carbonyl (C=O) groups excluding carboxylic acids is 2. The third-order valence-corrected chi connectivity index (χ3v) is 10.8. The Bertz CT molecular complexity index is 1050. The molecular weight excluding hydrogens is 440 g/mol. The molecule has 1 aromatic carbocycles. The van der Waals surface area contributed by atoms with E-state index < -0.39 is 0 Å². The quantitative estimate of drug-likeness (QED) is 0.523. The van der Waals surface area contributed by atoms with Crippen LogP contribution in [0.15, 0.2) is 42.0 Å². The lowest BCUT2D eigenvalue weighted by Crippen LogP contribution is -2.62. The molecule has 5 nitrogen and oxygen atoms in total. The fraction of sp³-hybridized carbons (Fsp3) is 0.667. The summed E-state index contributed by atoms with van der Waals surface area (Å²) in [5.74, 6) is 0.765. The summed E-state index contributed by atoms with van der Waals surface area (Å²) in [6.45, 7) is 8.22. The van der Waals surface area contributed by atoms with Crippen LogP contribution < -0.4 is 0 Å². The van der Waals surface area contributed by atoms with Gasteiger partial charge in [-0.2, -0.15) is 0 Å². The Balaban J connectivity index is 1.25. The molecule has 0 radical (unpaired) electrons. The first-order valence-electron chi connectivity index (χ1n) is 13.5. The molecule has 1 saturated heterocycles. The van der Waals surface area contributed by atoms with Gasteiger partial charge in [-0.25, -0.2) is 4.79 Å². The predicted molar refractivity (Wildman–Crippen MR) is 132 cm³/mol. The van der Waals surface area contributed by atoms with Gasteiger partial charge in [0.05, 0.1) is 30.5 Å². The van der Waals surface area contributed by atoms with Crippen LogP contribution in [0.2, 0.25) is 0 Å². The van der Waals surface area contributed by atoms with Gasteiger partial charge in [0.1, 0.15) is 6.10 Å². The molecule has 1 aliphatic heterocycles. The van der Waals surface area contributed by atoms with Gasteiger partial charge in [-0.05, 0) is 80.9 Å². The molecule has 0 aromatic heterocycles. The van der Waals surface area contributed by atoms with Crippen LogP contribution in [0.1, 0.15) is 76.1 Å². The number of esters is 1. The van der Waals surface area contributed by atoms with Gasteiger partial charge in [0, 0.05) is 17.8 Å². The highest BCUT2D eigenvalue weighted by atomic mass is 16.6. The van der Waals surface area contributed by atoms with Gasteiger partial charge < -0.3 is 14.2 Å². The topological polar surface area (TPSA) is 61.8 Å². The number of hydrogen-bond acceptors (Lipinski definition) is 5. The molecule has 0 bridgehead atoms. The van der Waals surface area contributed by atoms with Crippen molar-refractivity contribution in [3.05, 3.63) is 47.5 Å². The number of carbonyl (C=O) groups is 2. The van der Waals surface area contributed by atoms with Crippen molar-refractivity contribution in [1.82, 2.24) is 0 Å². The van der Waals surface area contributed by atoms with Gasteiger partial charge in [0.2, 0.25) is 0 Å². The molecule has 4 fully saturated rings. The molecule has 1 heterocycles. The van der Waals surface area contributed by atoms with E-state index in [9.17, 15) is 9.59 Å². The maximum atomic E-state index is 13.8. The zero-order valence-corrected chi connectivity index (χ0v) is 21.3.